The molecule has 0 aliphatic rings. The zero-order valence-corrected chi connectivity index (χ0v) is 21.6. The third-order valence-electron chi connectivity index (χ3n) is 7.25. The van der Waals surface area contributed by atoms with E-state index < -0.39 is 6.98 Å². The Bertz CT molecular complexity index is 1620. The van der Waals surface area contributed by atoms with Gasteiger partial charge >= 0.3 is 222 Å². The van der Waals surface area contributed by atoms with Gasteiger partial charge in [-0.15, -0.1) is 0 Å². The summed E-state index contributed by atoms with van der Waals surface area (Å²) in [6.07, 6.45) is 0. The second-order valence-corrected chi connectivity index (χ2v) is 13.3. The van der Waals surface area contributed by atoms with Gasteiger partial charge in [0.1, 0.15) is 0 Å². The first-order chi connectivity index (χ1) is 18.7. The molecule has 4 nitrogen and oxygen atoms in total. The van der Waals surface area contributed by atoms with Crippen LogP contribution in [-0.2, 0) is 0 Å². The van der Waals surface area contributed by atoms with E-state index in [0.717, 1.165) is 32.1 Å². The van der Waals surface area contributed by atoms with Crippen molar-refractivity contribution in [1.29, 1.82) is 0 Å². The molecule has 0 heterocycles. The molecule has 6 aromatic carbocycles. The molecule has 188 valence electrons. The van der Waals surface area contributed by atoms with Gasteiger partial charge in [0.15, 0.2) is 0 Å². The Kier molecular flexibility index (Phi) is 6.09. The molecule has 0 bridgehead atoms. The van der Waals surface area contributed by atoms with Crippen LogP contribution in [0, 0.1) is 0 Å². The standard InChI is InChI=1S/C33H28NO3P/c35-24-34-38(25-14-4-1-5-15-25,26-16-6-2-7-17-26,27-18-8-3-9-19-27)37-33-31-23-13-11-21-29(31)28-20-10-12-22-30(28)32(33)36/h1-23,34-36H,24H2. The first-order valence-corrected chi connectivity index (χ1v) is 14.7. The molecule has 0 atom stereocenters. The number of hydrogen-bond donors (Lipinski definition) is 3. The van der Waals surface area contributed by atoms with Gasteiger partial charge in [0.2, 0.25) is 0 Å². The van der Waals surface area contributed by atoms with Crippen LogP contribution >= 0.6 is 6.98 Å². The number of hydrogen-bond acceptors (Lipinski definition) is 4. The summed E-state index contributed by atoms with van der Waals surface area (Å²) >= 11 is 0. The molecule has 0 amide bonds. The van der Waals surface area contributed by atoms with Crippen molar-refractivity contribution >= 4 is 44.4 Å². The van der Waals surface area contributed by atoms with Crippen LogP contribution in [0.15, 0.2) is 140 Å². The van der Waals surface area contributed by atoms with Crippen molar-refractivity contribution in [1.82, 2.24) is 5.09 Å². The van der Waals surface area contributed by atoms with Crippen LogP contribution < -0.4 is 25.5 Å². The molecule has 6 aromatic rings. The molecule has 0 radical (unpaired) electrons. The Hall–Kier alpha value is -4.21. The van der Waals surface area contributed by atoms with E-state index in [1.807, 2.05) is 140 Å². The molecule has 0 fully saturated rings. The van der Waals surface area contributed by atoms with Gasteiger partial charge in [-0.05, 0) is 0 Å². The summed E-state index contributed by atoms with van der Waals surface area (Å²) in [4.78, 5) is 0. The molecule has 0 aromatic heterocycles. The van der Waals surface area contributed by atoms with Crippen molar-refractivity contribution in [2.24, 2.45) is 0 Å². The minimum atomic E-state index is -4.14. The van der Waals surface area contributed by atoms with Crippen LogP contribution in [0.1, 0.15) is 0 Å². The second kappa shape index (κ2) is 9.59. The average molecular weight is 518 g/mol. The molecule has 6 rings (SSSR count). The zero-order valence-electron chi connectivity index (χ0n) is 20.7. The average Bonchev–Trinajstić information content (AvgIpc) is 3.00. The Morgan fingerprint density at radius 1 is 0.500 bits per heavy atom. The Labute approximate surface area is 221 Å². The van der Waals surface area contributed by atoms with Crippen LogP contribution in [-0.4, -0.2) is 16.9 Å². The number of aliphatic hydroxyl groups is 1. The Morgan fingerprint density at radius 3 is 1.32 bits per heavy atom. The predicted octanol–water partition coefficient (Wildman–Crippen LogP) is 5.98. The molecule has 0 aliphatic heterocycles. The maximum atomic E-state index is 11.8. The van der Waals surface area contributed by atoms with Crippen molar-refractivity contribution < 1.29 is 14.7 Å². The summed E-state index contributed by atoms with van der Waals surface area (Å²) in [6, 6.07) is 45.7. The van der Waals surface area contributed by atoms with Crippen molar-refractivity contribution in [3.05, 3.63) is 140 Å². The number of phenols is 1. The Morgan fingerprint density at radius 2 is 0.868 bits per heavy atom. The van der Waals surface area contributed by atoms with Crippen molar-refractivity contribution in [3.63, 3.8) is 0 Å². The number of aromatic hydroxyl groups is 1. The fourth-order valence-electron chi connectivity index (χ4n) is 5.55. The number of aliphatic hydroxyl groups excluding tert-OH is 1. The molecule has 0 saturated carbocycles. The van der Waals surface area contributed by atoms with Gasteiger partial charge in [0.25, 0.3) is 0 Å². The summed E-state index contributed by atoms with van der Waals surface area (Å²) in [7, 11) is 0. The summed E-state index contributed by atoms with van der Waals surface area (Å²) in [5, 5.41) is 32.1. The summed E-state index contributed by atoms with van der Waals surface area (Å²) in [5.74, 6) is 0.435. The molecule has 0 saturated heterocycles. The number of phenolic OH excluding ortho intramolecular Hbond substituents is 1. The number of rotatable bonds is 7. The van der Waals surface area contributed by atoms with Gasteiger partial charge in [0, 0.05) is 0 Å². The van der Waals surface area contributed by atoms with Gasteiger partial charge < -0.3 is 0 Å². The molecular formula is C33H28NO3P. The molecule has 5 heteroatoms. The van der Waals surface area contributed by atoms with Crippen molar-refractivity contribution in [2.75, 3.05) is 6.73 Å². The molecule has 0 unspecified atom stereocenters. The number of fused-ring (bicyclic) bond motifs is 3. The van der Waals surface area contributed by atoms with Gasteiger partial charge in [-0.3, -0.25) is 0 Å². The Balaban J connectivity index is 1.82. The van der Waals surface area contributed by atoms with Gasteiger partial charge in [0.05, 0.1) is 0 Å². The first-order valence-electron chi connectivity index (χ1n) is 12.6. The summed E-state index contributed by atoms with van der Waals surface area (Å²) < 4.78 is 7.45. The van der Waals surface area contributed by atoms with Crippen LogP contribution in [0.3, 0.4) is 0 Å². The van der Waals surface area contributed by atoms with E-state index in [-0.39, 0.29) is 12.5 Å². The SMILES string of the molecule is OCNP(Oc1c(O)c2ccccc2c2ccccc12)(c1ccccc1)(c1ccccc1)c1ccccc1. The summed E-state index contributed by atoms with van der Waals surface area (Å²) in [5.41, 5.74) is 0. The predicted molar refractivity (Wildman–Crippen MR) is 159 cm³/mol. The van der Waals surface area contributed by atoms with E-state index in [1.54, 1.807) is 0 Å². The molecule has 3 N–H and O–H groups in total. The minimum absolute atomic E-state index is 0.0656. The van der Waals surface area contributed by atoms with Gasteiger partial charge in [-0.1, -0.05) is 0 Å². The number of benzene rings is 6. The molecule has 0 aliphatic carbocycles. The normalized spacial score (nSPS) is 12.7. The fourth-order valence-corrected chi connectivity index (χ4v) is 10.4. The molecule has 0 spiro atoms. The first kappa shape index (κ1) is 24.1. The quantitative estimate of drug-likeness (QED) is 0.139. The molecule has 38 heavy (non-hydrogen) atoms. The van der Waals surface area contributed by atoms with Crippen molar-refractivity contribution in [2.45, 2.75) is 0 Å². The van der Waals surface area contributed by atoms with Gasteiger partial charge in [-0.25, -0.2) is 0 Å². The van der Waals surface area contributed by atoms with Crippen LogP contribution in [0.25, 0.3) is 21.5 Å². The van der Waals surface area contributed by atoms with E-state index in [9.17, 15) is 10.2 Å². The second-order valence-electron chi connectivity index (χ2n) is 9.22. The monoisotopic (exact) mass is 517 g/mol. The third-order valence-corrected chi connectivity index (χ3v) is 12.4. The van der Waals surface area contributed by atoms with Crippen molar-refractivity contribution in [3.8, 4) is 11.5 Å². The van der Waals surface area contributed by atoms with Crippen LogP contribution in [0.2, 0.25) is 0 Å². The number of nitrogens with one attached hydrogen (secondary N) is 1. The van der Waals surface area contributed by atoms with Gasteiger partial charge in [-0.2, -0.15) is 0 Å². The summed E-state index contributed by atoms with van der Waals surface area (Å²) in [6.45, 7) is -4.49. The zero-order chi connectivity index (χ0) is 26.0. The van der Waals surface area contributed by atoms with E-state index in [2.05, 4.69) is 5.09 Å². The van der Waals surface area contributed by atoms with E-state index in [1.165, 1.54) is 0 Å². The van der Waals surface area contributed by atoms with Crippen LogP contribution in [0.4, 0.5) is 0 Å². The maximum absolute atomic E-state index is 11.8. The fraction of sp³-hybridized carbons (Fsp3) is 0.0303. The van der Waals surface area contributed by atoms with E-state index in [0.29, 0.717) is 11.1 Å². The third kappa shape index (κ3) is 3.50. The topological polar surface area (TPSA) is 61.7 Å². The van der Waals surface area contributed by atoms with E-state index in [4.69, 9.17) is 4.52 Å². The van der Waals surface area contributed by atoms with E-state index >= 15 is 0 Å². The van der Waals surface area contributed by atoms with Crippen LogP contribution in [0.5, 0.6) is 11.5 Å². The molecular weight excluding hydrogens is 489 g/mol.